The number of hydrogen-bond acceptors (Lipinski definition) is 0. The minimum Gasteiger partial charge on any atom is -0.493 e. The predicted molar refractivity (Wildman–Crippen MR) is 190 cm³/mol. The molecule has 0 radical (unpaired) electrons. The van der Waals surface area contributed by atoms with Gasteiger partial charge in [-0.1, -0.05) is 76.4 Å². The number of rotatable bonds is 11. The maximum absolute atomic E-state index is 11.2. The largest absolute Gasteiger partial charge is 2.00 e. The molecule has 0 atom stereocenters. The normalized spacial score (nSPS) is 11.9. The van der Waals surface area contributed by atoms with E-state index in [9.17, 15) is 5.53 Å². The Bertz CT molecular complexity index is 1410. The average molecular weight is 689 g/mol. The molecule has 1 aliphatic rings. The van der Waals surface area contributed by atoms with Gasteiger partial charge in [0.1, 0.15) is 0 Å². The maximum Gasteiger partial charge on any atom is 2.00 e. The number of allylic oxidation sites excluding steroid dienone is 2. The molecule has 0 spiro atoms. The van der Waals surface area contributed by atoms with Crippen LogP contribution in [-0.4, -0.2) is 4.70 Å². The van der Waals surface area contributed by atoms with Gasteiger partial charge in [-0.25, -0.2) is 4.70 Å². The second-order valence-electron chi connectivity index (χ2n) is 11.4. The van der Waals surface area contributed by atoms with E-state index in [0.717, 1.165) is 65.8 Å². The summed E-state index contributed by atoms with van der Waals surface area (Å²) in [6.07, 6.45) is 12.5. The van der Waals surface area contributed by atoms with E-state index in [2.05, 4.69) is 89.2 Å². The third-order valence-corrected chi connectivity index (χ3v) is 7.66. The molecule has 238 valence electrons. The van der Waals surface area contributed by atoms with Crippen LogP contribution in [0.2, 0.25) is 0 Å². The topological polar surface area (TPSA) is 25.3 Å². The van der Waals surface area contributed by atoms with Crippen LogP contribution < -0.4 is 0 Å². The van der Waals surface area contributed by atoms with Gasteiger partial charge in [-0.15, -0.1) is 24.3 Å². The van der Waals surface area contributed by atoms with Gasteiger partial charge in [-0.2, -0.15) is 49.2 Å². The summed E-state index contributed by atoms with van der Waals surface area (Å²) in [5, 5.41) is 0. The van der Waals surface area contributed by atoms with Crippen molar-refractivity contribution in [2.24, 2.45) is 0 Å². The van der Waals surface area contributed by atoms with Crippen molar-refractivity contribution in [1.29, 1.82) is 0 Å². The van der Waals surface area contributed by atoms with Crippen LogP contribution in [0.5, 0.6) is 0 Å². The number of hydrogen-bond donors (Lipinski definition) is 0. The summed E-state index contributed by atoms with van der Waals surface area (Å²) >= 11 is 0. The van der Waals surface area contributed by atoms with Gasteiger partial charge in [0, 0.05) is 22.8 Å². The second-order valence-corrected chi connectivity index (χ2v) is 11.4. The van der Waals surface area contributed by atoms with Crippen molar-refractivity contribution >= 4 is 11.4 Å². The summed E-state index contributed by atoms with van der Waals surface area (Å²) in [5.74, 6) is 0. The van der Waals surface area contributed by atoms with Crippen molar-refractivity contribution in [1.82, 2.24) is 0 Å². The van der Waals surface area contributed by atoms with E-state index < -0.39 is 0 Å². The first-order valence-corrected chi connectivity index (χ1v) is 16.3. The van der Waals surface area contributed by atoms with Gasteiger partial charge in [0.2, 0.25) is 11.4 Å². The van der Waals surface area contributed by atoms with E-state index in [1.54, 1.807) is 0 Å². The van der Waals surface area contributed by atoms with Crippen molar-refractivity contribution in [3.05, 3.63) is 174 Å². The van der Waals surface area contributed by atoms with Gasteiger partial charge in [0.15, 0.2) is 0 Å². The van der Waals surface area contributed by atoms with E-state index in [0.29, 0.717) is 0 Å². The molecule has 2 nitrogen and oxygen atoms in total. The van der Waals surface area contributed by atoms with Crippen LogP contribution in [0, 0.1) is 13.8 Å². The Morgan fingerprint density at radius 3 is 1.31 bits per heavy atom. The van der Waals surface area contributed by atoms with Gasteiger partial charge in [0.05, 0.1) is 0 Å². The first-order valence-electron chi connectivity index (χ1n) is 16.3. The number of unbranched alkanes of at least 4 members (excludes halogenated alkanes) is 3. The molecule has 0 unspecified atom stereocenters. The minimum absolute atomic E-state index is 0. The quantitative estimate of drug-likeness (QED) is 0.0851. The first kappa shape index (κ1) is 37.5. The van der Waals surface area contributed by atoms with Gasteiger partial charge in [-0.3, -0.25) is 0 Å². The Morgan fingerprint density at radius 1 is 0.533 bits per heavy atom. The molecule has 5 rings (SSSR count). The van der Waals surface area contributed by atoms with Crippen LogP contribution >= 0.6 is 0 Å². The predicted octanol–water partition coefficient (Wildman–Crippen LogP) is 12.1. The van der Waals surface area contributed by atoms with Gasteiger partial charge in [0.25, 0.3) is 0 Å². The standard InChI is InChI=1S/C28H36N2.2C7H7.Pd/c1-4-7-10-22-13-17-24(18-14-22)27-21-26(12-9-6-3)28(30(27)29)25-19-15-23(16-20-25)11-8-5-2;2*1-7-5-3-2-4-6-7;/h13-21H,4-12H2,1-3H3;2*2-6H,1H2;/q;2*-1;+2. The molecule has 0 N–H and O–H groups in total. The SMILES string of the molecule is CCCCC1=C(c2ccc(CCCC)cc2)[N+](=[N-])C(c2ccc(CCCC)cc2)=C1.[CH2-]c1ccccc1.[CH2-]c1ccccc1.[Pd+2]. The summed E-state index contributed by atoms with van der Waals surface area (Å²) in [6, 6.07) is 37.2. The van der Waals surface area contributed by atoms with Crippen LogP contribution in [0.3, 0.4) is 0 Å². The summed E-state index contributed by atoms with van der Waals surface area (Å²) in [6.45, 7) is 14.1. The molecule has 3 heteroatoms. The molecule has 45 heavy (non-hydrogen) atoms. The Balaban J connectivity index is 0.000000384. The summed E-state index contributed by atoms with van der Waals surface area (Å²) in [4.78, 5) is 0. The number of benzene rings is 4. The molecular formula is C42H50N2Pd. The Morgan fingerprint density at radius 2 is 0.933 bits per heavy atom. The molecule has 0 aliphatic carbocycles. The molecule has 4 aromatic carbocycles. The van der Waals surface area contributed by atoms with Crippen molar-refractivity contribution in [3.63, 3.8) is 0 Å². The van der Waals surface area contributed by atoms with Crippen molar-refractivity contribution in [2.75, 3.05) is 0 Å². The van der Waals surface area contributed by atoms with Gasteiger partial charge >= 0.3 is 20.4 Å². The fraction of sp³-hybridized carbons (Fsp3) is 0.286. The van der Waals surface area contributed by atoms with E-state index in [1.807, 2.05) is 60.7 Å². The van der Waals surface area contributed by atoms with Gasteiger partial charge in [-0.05, 0) is 73.9 Å². The third-order valence-electron chi connectivity index (χ3n) is 7.66. The molecule has 1 aliphatic heterocycles. The van der Waals surface area contributed by atoms with Gasteiger partial charge < -0.3 is 5.53 Å². The van der Waals surface area contributed by atoms with Crippen LogP contribution in [0.25, 0.3) is 16.9 Å². The minimum atomic E-state index is 0. The van der Waals surface area contributed by atoms with Crippen molar-refractivity contribution in [2.45, 2.75) is 78.6 Å². The van der Waals surface area contributed by atoms with E-state index in [-0.39, 0.29) is 20.4 Å². The van der Waals surface area contributed by atoms with Crippen molar-refractivity contribution in [3.8, 4) is 0 Å². The molecule has 0 aromatic heterocycles. The maximum atomic E-state index is 11.2. The van der Waals surface area contributed by atoms with E-state index >= 15 is 0 Å². The van der Waals surface area contributed by atoms with Crippen LogP contribution in [0.15, 0.2) is 121 Å². The fourth-order valence-corrected chi connectivity index (χ4v) is 5.01. The zero-order chi connectivity index (χ0) is 31.6. The van der Waals surface area contributed by atoms with E-state index in [1.165, 1.54) is 47.1 Å². The number of aryl methyl sites for hydroxylation is 2. The average Bonchev–Trinajstić information content (AvgIpc) is 3.39. The Labute approximate surface area is 287 Å². The summed E-state index contributed by atoms with van der Waals surface area (Å²) < 4.78 is 1.41. The molecule has 1 heterocycles. The van der Waals surface area contributed by atoms with E-state index in [4.69, 9.17) is 0 Å². The molecular weight excluding hydrogens is 639 g/mol. The van der Waals surface area contributed by atoms with Crippen LogP contribution in [0.4, 0.5) is 0 Å². The zero-order valence-corrected chi connectivity index (χ0v) is 29.0. The van der Waals surface area contributed by atoms with Crippen molar-refractivity contribution < 1.29 is 25.1 Å². The molecule has 0 amide bonds. The summed E-state index contributed by atoms with van der Waals surface area (Å²) in [5.41, 5.74) is 21.2. The molecule has 0 saturated heterocycles. The molecule has 4 aromatic rings. The second kappa shape index (κ2) is 21.2. The Kier molecular flexibility index (Phi) is 17.7. The summed E-state index contributed by atoms with van der Waals surface area (Å²) in [7, 11) is 0. The monoisotopic (exact) mass is 688 g/mol. The molecule has 0 bridgehead atoms. The third kappa shape index (κ3) is 12.7. The molecule has 0 fully saturated rings. The number of nitrogens with zero attached hydrogens (tertiary/aromatic N) is 2. The fourth-order valence-electron chi connectivity index (χ4n) is 5.01. The van der Waals surface area contributed by atoms with Crippen LogP contribution in [-0.2, 0) is 33.3 Å². The smallest absolute Gasteiger partial charge is 0.493 e. The van der Waals surface area contributed by atoms with Crippen LogP contribution in [0.1, 0.15) is 99.1 Å². The zero-order valence-electron chi connectivity index (χ0n) is 27.5. The first-order chi connectivity index (χ1) is 21.5. The molecule has 0 saturated carbocycles. The Hall–Kier alpha value is -3.64.